The number of esters is 1. The molecule has 0 N–H and O–H groups in total. The van der Waals surface area contributed by atoms with Gasteiger partial charge in [0.25, 0.3) is 5.69 Å². The van der Waals surface area contributed by atoms with E-state index in [0.29, 0.717) is 5.56 Å². The standard InChI is InChI=1S/C18H14N2O7S/c1-2-26-18(21)14(12-19)11-13-3-9-17(10-4-13)28(24,25)27-16-7-5-15(6-8-16)20(22)23/h3-11H,2H2,1H3/b14-11+. The quantitative estimate of drug-likeness (QED) is 0.172. The van der Waals surface area contributed by atoms with Crippen molar-refractivity contribution < 1.29 is 27.1 Å². The fourth-order valence-corrected chi connectivity index (χ4v) is 2.97. The zero-order valence-electron chi connectivity index (χ0n) is 14.6. The first kappa shape index (κ1) is 20.6. The molecule has 10 heteroatoms. The SMILES string of the molecule is CCOC(=O)/C(C#N)=C/c1ccc(S(=O)(=O)Oc2ccc([N+](=O)[O-])cc2)cc1. The zero-order valence-corrected chi connectivity index (χ0v) is 15.4. The zero-order chi connectivity index (χ0) is 20.7. The Bertz CT molecular complexity index is 1050. The number of hydrogen-bond donors (Lipinski definition) is 0. The molecule has 0 aromatic heterocycles. The van der Waals surface area contributed by atoms with Crippen LogP contribution in [0.1, 0.15) is 12.5 Å². The van der Waals surface area contributed by atoms with Crippen LogP contribution in [0.3, 0.4) is 0 Å². The molecule has 2 aromatic carbocycles. The number of carbonyl (C=O) groups excluding carboxylic acids is 1. The molecule has 0 atom stereocenters. The Kier molecular flexibility index (Phi) is 6.46. The van der Waals surface area contributed by atoms with Crippen LogP contribution < -0.4 is 4.18 Å². The minimum absolute atomic E-state index is 0.0800. The third-order valence-electron chi connectivity index (χ3n) is 3.35. The summed E-state index contributed by atoms with van der Waals surface area (Å²) in [5.74, 6) is -0.855. The van der Waals surface area contributed by atoms with Crippen LogP contribution in [0.4, 0.5) is 5.69 Å². The van der Waals surface area contributed by atoms with E-state index >= 15 is 0 Å². The second-order valence-electron chi connectivity index (χ2n) is 5.25. The first-order valence-corrected chi connectivity index (χ1v) is 9.25. The van der Waals surface area contributed by atoms with Gasteiger partial charge in [-0.15, -0.1) is 0 Å². The number of ether oxygens (including phenoxy) is 1. The summed E-state index contributed by atoms with van der Waals surface area (Å²) in [5.41, 5.74) is -0.00531. The molecule has 0 aliphatic rings. The van der Waals surface area contributed by atoms with Crippen LogP contribution in [0.5, 0.6) is 5.75 Å². The van der Waals surface area contributed by atoms with Crippen molar-refractivity contribution in [2.45, 2.75) is 11.8 Å². The lowest BCUT2D eigenvalue weighted by molar-refractivity contribution is -0.384. The third-order valence-corrected chi connectivity index (χ3v) is 4.61. The van der Waals surface area contributed by atoms with E-state index in [1.54, 1.807) is 13.0 Å². The van der Waals surface area contributed by atoms with Crippen molar-refractivity contribution in [2.24, 2.45) is 0 Å². The smallest absolute Gasteiger partial charge is 0.348 e. The molecule has 28 heavy (non-hydrogen) atoms. The molecule has 0 aliphatic carbocycles. The maximum absolute atomic E-state index is 12.3. The molecule has 2 aromatic rings. The van der Waals surface area contributed by atoms with E-state index in [1.165, 1.54) is 42.5 Å². The normalized spacial score (nSPS) is 11.4. The molecule has 0 radical (unpaired) electrons. The van der Waals surface area contributed by atoms with E-state index in [9.17, 15) is 23.3 Å². The first-order chi connectivity index (χ1) is 13.3. The molecule has 0 bridgehead atoms. The van der Waals surface area contributed by atoms with Gasteiger partial charge in [-0.05, 0) is 42.8 Å². The van der Waals surface area contributed by atoms with Crippen LogP contribution in [-0.2, 0) is 19.6 Å². The molecule has 2 rings (SSSR count). The van der Waals surface area contributed by atoms with Crippen LogP contribution in [-0.4, -0.2) is 25.9 Å². The molecule has 144 valence electrons. The Morgan fingerprint density at radius 1 is 1.18 bits per heavy atom. The van der Waals surface area contributed by atoms with Crippen molar-refractivity contribution in [3.63, 3.8) is 0 Å². The lowest BCUT2D eigenvalue weighted by atomic mass is 10.1. The van der Waals surface area contributed by atoms with Gasteiger partial charge in [0, 0.05) is 12.1 Å². The van der Waals surface area contributed by atoms with Crippen molar-refractivity contribution in [2.75, 3.05) is 6.61 Å². The number of nitrogens with zero attached hydrogens (tertiary/aromatic N) is 2. The number of benzene rings is 2. The highest BCUT2D eigenvalue weighted by Gasteiger charge is 2.17. The highest BCUT2D eigenvalue weighted by atomic mass is 32.2. The lowest BCUT2D eigenvalue weighted by Gasteiger charge is -2.07. The van der Waals surface area contributed by atoms with E-state index in [4.69, 9.17) is 14.2 Å². The summed E-state index contributed by atoms with van der Waals surface area (Å²) in [7, 11) is -4.17. The van der Waals surface area contributed by atoms with Gasteiger partial charge < -0.3 is 8.92 Å². The molecule has 9 nitrogen and oxygen atoms in total. The fourth-order valence-electron chi connectivity index (χ4n) is 2.04. The topological polar surface area (TPSA) is 137 Å². The van der Waals surface area contributed by atoms with Gasteiger partial charge in [-0.2, -0.15) is 13.7 Å². The van der Waals surface area contributed by atoms with E-state index in [0.717, 1.165) is 12.1 Å². The van der Waals surface area contributed by atoms with E-state index in [1.807, 2.05) is 0 Å². The van der Waals surface area contributed by atoms with E-state index in [-0.39, 0.29) is 28.5 Å². The monoisotopic (exact) mass is 402 g/mol. The highest BCUT2D eigenvalue weighted by molar-refractivity contribution is 7.87. The fraction of sp³-hybridized carbons (Fsp3) is 0.111. The average Bonchev–Trinajstić information content (AvgIpc) is 2.66. The van der Waals surface area contributed by atoms with Crippen LogP contribution >= 0.6 is 0 Å². The molecule has 0 saturated carbocycles. The van der Waals surface area contributed by atoms with Crippen molar-refractivity contribution in [3.8, 4) is 11.8 Å². The van der Waals surface area contributed by atoms with Gasteiger partial charge in [-0.1, -0.05) is 12.1 Å². The number of hydrogen-bond acceptors (Lipinski definition) is 8. The number of rotatable bonds is 7. The van der Waals surface area contributed by atoms with Crippen LogP contribution in [0.2, 0.25) is 0 Å². The summed E-state index contributed by atoms with van der Waals surface area (Å²) in [4.78, 5) is 21.4. The average molecular weight is 402 g/mol. The number of carbonyl (C=O) groups is 1. The first-order valence-electron chi connectivity index (χ1n) is 7.84. The number of nitro groups is 1. The third kappa shape index (κ3) is 5.15. The maximum Gasteiger partial charge on any atom is 0.348 e. The van der Waals surface area contributed by atoms with Gasteiger partial charge in [-0.3, -0.25) is 10.1 Å². The van der Waals surface area contributed by atoms with Crippen LogP contribution in [0, 0.1) is 21.4 Å². The van der Waals surface area contributed by atoms with Crippen LogP contribution in [0.15, 0.2) is 59.0 Å². The molecule has 0 fully saturated rings. The molecule has 0 spiro atoms. The number of nitriles is 1. The molecule has 0 saturated heterocycles. The van der Waals surface area contributed by atoms with Crippen molar-refractivity contribution in [1.29, 1.82) is 5.26 Å². The largest absolute Gasteiger partial charge is 0.462 e. The number of non-ortho nitro benzene ring substituents is 1. The molecule has 0 heterocycles. The summed E-state index contributed by atoms with van der Waals surface area (Å²) in [6.45, 7) is 1.73. The molecule has 0 unspecified atom stereocenters. The summed E-state index contributed by atoms with van der Waals surface area (Å²) in [6, 6.07) is 11.6. The van der Waals surface area contributed by atoms with Crippen molar-refractivity contribution >= 4 is 27.9 Å². The van der Waals surface area contributed by atoms with Gasteiger partial charge in [0.1, 0.15) is 22.3 Å². The summed E-state index contributed by atoms with van der Waals surface area (Å²) < 4.78 is 34.3. The predicted molar refractivity (Wildman–Crippen MR) is 97.6 cm³/mol. The van der Waals surface area contributed by atoms with Crippen LogP contribution in [0.25, 0.3) is 6.08 Å². The Morgan fingerprint density at radius 2 is 1.79 bits per heavy atom. The van der Waals surface area contributed by atoms with Gasteiger partial charge >= 0.3 is 16.1 Å². The molecular formula is C18H14N2O7S. The minimum atomic E-state index is -4.17. The molecular weight excluding hydrogens is 388 g/mol. The minimum Gasteiger partial charge on any atom is -0.462 e. The second kappa shape index (κ2) is 8.79. The second-order valence-corrected chi connectivity index (χ2v) is 6.79. The summed E-state index contributed by atoms with van der Waals surface area (Å²) >= 11 is 0. The molecule has 0 aliphatic heterocycles. The van der Waals surface area contributed by atoms with E-state index in [2.05, 4.69) is 0 Å². The predicted octanol–water partition coefficient (Wildman–Crippen LogP) is 2.83. The Morgan fingerprint density at radius 3 is 2.29 bits per heavy atom. The number of nitro benzene ring substituents is 1. The van der Waals surface area contributed by atoms with Gasteiger partial charge in [0.2, 0.25) is 0 Å². The van der Waals surface area contributed by atoms with Crippen molar-refractivity contribution in [1.82, 2.24) is 0 Å². The summed E-state index contributed by atoms with van der Waals surface area (Å²) in [5, 5.41) is 19.6. The lowest BCUT2D eigenvalue weighted by Crippen LogP contribution is -2.09. The Labute approximate surface area is 160 Å². The molecule has 0 amide bonds. The van der Waals surface area contributed by atoms with E-state index < -0.39 is 21.0 Å². The van der Waals surface area contributed by atoms with Crippen molar-refractivity contribution in [3.05, 3.63) is 69.8 Å². The Hall–Kier alpha value is -3.71. The van der Waals surface area contributed by atoms with Gasteiger partial charge in [0.15, 0.2) is 0 Å². The summed E-state index contributed by atoms with van der Waals surface area (Å²) in [6.07, 6.45) is 1.27. The highest BCUT2D eigenvalue weighted by Crippen LogP contribution is 2.22. The Balaban J connectivity index is 2.20. The van der Waals surface area contributed by atoms with Gasteiger partial charge in [0.05, 0.1) is 11.5 Å². The van der Waals surface area contributed by atoms with Gasteiger partial charge in [-0.25, -0.2) is 4.79 Å². The maximum atomic E-state index is 12.3.